The molecule has 6 heteroatoms. The third-order valence-electron chi connectivity index (χ3n) is 2.44. The van der Waals surface area contributed by atoms with Gasteiger partial charge in [0.1, 0.15) is 6.10 Å². The van der Waals surface area contributed by atoms with Crippen LogP contribution < -0.4 is 0 Å². The van der Waals surface area contributed by atoms with E-state index in [1.807, 2.05) is 0 Å². The molecular formula is C10H15NO5. The van der Waals surface area contributed by atoms with E-state index in [0.717, 1.165) is 0 Å². The lowest BCUT2D eigenvalue weighted by molar-refractivity contribution is -0.736. The van der Waals surface area contributed by atoms with Gasteiger partial charge in [-0.15, -0.1) is 0 Å². The Bertz CT molecular complexity index is 336. The van der Waals surface area contributed by atoms with Crippen LogP contribution in [0.4, 0.5) is 0 Å². The zero-order valence-corrected chi connectivity index (χ0v) is 9.56. The molecule has 0 aromatic carbocycles. The van der Waals surface area contributed by atoms with Crippen LogP contribution in [0.2, 0.25) is 0 Å². The molecular weight excluding hydrogens is 214 g/mol. The summed E-state index contributed by atoms with van der Waals surface area (Å²) in [7, 11) is 0. The first-order chi connectivity index (χ1) is 7.52. The lowest BCUT2D eigenvalue weighted by Gasteiger charge is -2.12. The molecule has 0 radical (unpaired) electrons. The first kappa shape index (κ1) is 12.5. The van der Waals surface area contributed by atoms with E-state index in [1.54, 1.807) is 20.8 Å². The Kier molecular flexibility index (Phi) is 3.87. The smallest absolute Gasteiger partial charge is 0.405 e. The lowest BCUT2D eigenvalue weighted by Crippen LogP contribution is -2.32. The van der Waals surface area contributed by atoms with Gasteiger partial charge >= 0.3 is 11.7 Å². The van der Waals surface area contributed by atoms with Gasteiger partial charge in [0.05, 0.1) is 12.5 Å². The number of ether oxygens (including phenoxy) is 1. The highest BCUT2D eigenvalue weighted by molar-refractivity contribution is 6.35. The van der Waals surface area contributed by atoms with E-state index in [0.29, 0.717) is 0 Å². The Labute approximate surface area is 93.4 Å². The summed E-state index contributed by atoms with van der Waals surface area (Å²) in [5.74, 6) is -1.49. The maximum Gasteiger partial charge on any atom is 0.405 e. The number of Topliss-reactive ketones (excluding diaryl/α,β-unsaturated/α-hetero) is 1. The second-order valence-corrected chi connectivity index (χ2v) is 3.50. The van der Waals surface area contributed by atoms with Crippen molar-refractivity contribution in [2.45, 2.75) is 33.3 Å². The third kappa shape index (κ3) is 2.15. The summed E-state index contributed by atoms with van der Waals surface area (Å²) in [6.07, 6.45) is -0.610. The van der Waals surface area contributed by atoms with Crippen molar-refractivity contribution in [3.8, 4) is 0 Å². The molecule has 0 spiro atoms. The van der Waals surface area contributed by atoms with Gasteiger partial charge in [-0.2, -0.15) is 0 Å². The monoisotopic (exact) mass is 229 g/mol. The van der Waals surface area contributed by atoms with Crippen LogP contribution in [0.5, 0.6) is 0 Å². The first-order valence-electron chi connectivity index (χ1n) is 5.23. The number of carbonyl (C=O) groups excluding carboxylic acids is 2. The minimum absolute atomic E-state index is 0.0981. The maximum atomic E-state index is 11.4. The quantitative estimate of drug-likeness (QED) is 0.516. The largest absolute Gasteiger partial charge is 0.458 e. The zero-order chi connectivity index (χ0) is 12.3. The number of nitrogens with zero attached hydrogens (tertiary/aromatic N) is 1. The van der Waals surface area contributed by atoms with Gasteiger partial charge in [-0.05, 0) is 6.92 Å². The van der Waals surface area contributed by atoms with E-state index < -0.39 is 18.0 Å². The molecule has 0 fully saturated rings. The number of esters is 1. The summed E-state index contributed by atoms with van der Waals surface area (Å²) in [5, 5.41) is 11.3. The van der Waals surface area contributed by atoms with Crippen LogP contribution in [0.3, 0.4) is 0 Å². The van der Waals surface area contributed by atoms with Crippen LogP contribution >= 0.6 is 0 Å². The number of ketones is 1. The summed E-state index contributed by atoms with van der Waals surface area (Å²) in [6, 6.07) is 0. The fourth-order valence-corrected chi connectivity index (χ4v) is 1.57. The van der Waals surface area contributed by atoms with Crippen LogP contribution in [0.1, 0.15) is 27.2 Å². The molecule has 90 valence electrons. The minimum atomic E-state index is -0.873. The summed E-state index contributed by atoms with van der Waals surface area (Å²) in [4.78, 5) is 27.8. The predicted octanol–water partition coefficient (Wildman–Crippen LogP) is 0.430. The molecule has 1 aliphatic heterocycles. The fourth-order valence-electron chi connectivity index (χ4n) is 1.57. The van der Waals surface area contributed by atoms with E-state index in [1.165, 1.54) is 0 Å². The van der Waals surface area contributed by atoms with Crippen LogP contribution in [0, 0.1) is 11.1 Å². The molecule has 1 rings (SSSR count). The fraction of sp³-hybridized carbons (Fsp3) is 0.700. The van der Waals surface area contributed by atoms with Gasteiger partial charge < -0.3 is 9.57 Å². The van der Waals surface area contributed by atoms with Crippen molar-refractivity contribution in [1.82, 2.24) is 0 Å². The number of rotatable bonds is 4. The van der Waals surface area contributed by atoms with E-state index in [2.05, 4.69) is 0 Å². The van der Waals surface area contributed by atoms with E-state index >= 15 is 0 Å². The maximum absolute atomic E-state index is 11.4. The molecule has 1 heterocycles. The Hall–Kier alpha value is -1.59. The number of carbonyl (C=O) groups is 2. The SMILES string of the molecule is CCOC(=O)C1=[N+]([O-])O[C@H](C(=O)CC)[C@H]1C. The van der Waals surface area contributed by atoms with Gasteiger partial charge in [-0.3, -0.25) is 10.0 Å². The third-order valence-corrected chi connectivity index (χ3v) is 2.44. The van der Waals surface area contributed by atoms with Gasteiger partial charge in [0, 0.05) is 11.3 Å². The first-order valence-corrected chi connectivity index (χ1v) is 5.23. The predicted molar refractivity (Wildman–Crippen MR) is 54.6 cm³/mol. The second-order valence-electron chi connectivity index (χ2n) is 3.50. The van der Waals surface area contributed by atoms with Crippen molar-refractivity contribution >= 4 is 17.5 Å². The molecule has 0 amide bonds. The molecule has 0 unspecified atom stereocenters. The zero-order valence-electron chi connectivity index (χ0n) is 9.56. The van der Waals surface area contributed by atoms with Gasteiger partial charge in [-0.25, -0.2) is 4.79 Å². The van der Waals surface area contributed by atoms with Crippen molar-refractivity contribution in [3.63, 3.8) is 0 Å². The van der Waals surface area contributed by atoms with E-state index in [-0.39, 0.29) is 29.4 Å². The number of hydrogen-bond donors (Lipinski definition) is 0. The Morgan fingerprint density at radius 1 is 1.50 bits per heavy atom. The summed E-state index contributed by atoms with van der Waals surface area (Å²) in [5.41, 5.74) is -0.145. The minimum Gasteiger partial charge on any atom is -0.458 e. The normalized spacial score (nSPS) is 24.2. The number of hydrogen-bond acceptors (Lipinski definition) is 5. The molecule has 1 aliphatic rings. The lowest BCUT2D eigenvalue weighted by atomic mass is 9.95. The van der Waals surface area contributed by atoms with Crippen LogP contribution in [0.15, 0.2) is 0 Å². The summed E-state index contributed by atoms with van der Waals surface area (Å²) in [6.45, 7) is 5.09. The van der Waals surface area contributed by atoms with Crippen LogP contribution in [-0.4, -0.2) is 35.1 Å². The molecule has 0 aliphatic carbocycles. The molecule has 2 atom stereocenters. The van der Waals surface area contributed by atoms with Gasteiger partial charge in [0.25, 0.3) is 0 Å². The molecule has 0 aromatic rings. The summed E-state index contributed by atoms with van der Waals surface area (Å²) >= 11 is 0. The molecule has 0 saturated heterocycles. The molecule has 0 aromatic heterocycles. The molecule has 0 saturated carbocycles. The average Bonchev–Trinajstić information content (AvgIpc) is 2.53. The molecule has 0 N–H and O–H groups in total. The van der Waals surface area contributed by atoms with Gasteiger partial charge in [0.2, 0.25) is 0 Å². The molecule has 16 heavy (non-hydrogen) atoms. The van der Waals surface area contributed by atoms with Gasteiger partial charge in [-0.1, -0.05) is 13.8 Å². The van der Waals surface area contributed by atoms with Crippen molar-refractivity contribution in [2.24, 2.45) is 5.92 Å². The average molecular weight is 229 g/mol. The highest BCUT2D eigenvalue weighted by Crippen LogP contribution is 2.20. The highest BCUT2D eigenvalue weighted by atomic mass is 16.9. The topological polar surface area (TPSA) is 78.7 Å². The van der Waals surface area contributed by atoms with Crippen molar-refractivity contribution in [2.75, 3.05) is 6.61 Å². The summed E-state index contributed by atoms with van der Waals surface area (Å²) < 4.78 is 4.72. The van der Waals surface area contributed by atoms with Crippen LogP contribution in [-0.2, 0) is 19.2 Å². The standard InChI is InChI=1S/C10H15NO5/c1-4-7(12)9-6(3)8(11(14)16-9)10(13)15-5-2/h6,9H,4-5H2,1-3H3/t6-,9-/m0/s1. The van der Waals surface area contributed by atoms with Crippen LogP contribution in [0.25, 0.3) is 0 Å². The van der Waals surface area contributed by atoms with E-state index in [9.17, 15) is 14.8 Å². The molecule has 0 bridgehead atoms. The Balaban J connectivity index is 2.83. The van der Waals surface area contributed by atoms with Gasteiger partial charge in [0.15, 0.2) is 5.78 Å². The molecule has 6 nitrogen and oxygen atoms in total. The van der Waals surface area contributed by atoms with Crippen molar-refractivity contribution in [3.05, 3.63) is 5.21 Å². The van der Waals surface area contributed by atoms with Crippen molar-refractivity contribution < 1.29 is 24.1 Å². The van der Waals surface area contributed by atoms with E-state index in [4.69, 9.17) is 9.57 Å². The Morgan fingerprint density at radius 2 is 2.12 bits per heavy atom. The highest BCUT2D eigenvalue weighted by Gasteiger charge is 2.45. The van der Waals surface area contributed by atoms with Crippen molar-refractivity contribution in [1.29, 1.82) is 0 Å². The Morgan fingerprint density at radius 3 is 2.62 bits per heavy atom. The second kappa shape index (κ2) is 4.96.